The van der Waals surface area contributed by atoms with Gasteiger partial charge in [-0.05, 0) is 37.6 Å². The summed E-state index contributed by atoms with van der Waals surface area (Å²) in [6, 6.07) is 6.70. The van der Waals surface area contributed by atoms with Crippen LogP contribution in [-0.4, -0.2) is 23.1 Å². The zero-order chi connectivity index (χ0) is 13.7. The third-order valence-electron chi connectivity index (χ3n) is 3.63. The molecule has 0 spiro atoms. The second-order valence-electron chi connectivity index (χ2n) is 5.06. The Hall–Kier alpha value is -1.35. The lowest BCUT2D eigenvalue weighted by molar-refractivity contribution is 0.607. The molecule has 1 aromatic carbocycles. The van der Waals surface area contributed by atoms with Crippen molar-refractivity contribution in [2.24, 2.45) is 0 Å². The van der Waals surface area contributed by atoms with Gasteiger partial charge in [-0.1, -0.05) is 26.3 Å². The normalized spacial score (nSPS) is 11.3. The fraction of sp³-hybridized carbons (Fsp3) is 0.562. The molecule has 3 nitrogen and oxygen atoms in total. The zero-order valence-corrected chi connectivity index (χ0v) is 12.4. The Bertz CT molecular complexity index is 528. The largest absolute Gasteiger partial charge is 0.328 e. The van der Waals surface area contributed by atoms with E-state index < -0.39 is 0 Å². The zero-order valence-electron chi connectivity index (χ0n) is 12.4. The van der Waals surface area contributed by atoms with Crippen LogP contribution in [0.2, 0.25) is 0 Å². The minimum atomic E-state index is 0.982. The molecule has 2 aromatic rings. The van der Waals surface area contributed by atoms with Gasteiger partial charge < -0.3 is 9.88 Å². The van der Waals surface area contributed by atoms with Gasteiger partial charge in [0.25, 0.3) is 0 Å². The average Bonchev–Trinajstić information content (AvgIpc) is 2.79. The molecule has 0 aliphatic heterocycles. The Labute approximate surface area is 116 Å². The first-order valence-electron chi connectivity index (χ1n) is 7.42. The van der Waals surface area contributed by atoms with E-state index in [1.165, 1.54) is 29.7 Å². The number of hydrogen-bond donors (Lipinski definition) is 1. The van der Waals surface area contributed by atoms with E-state index in [1.54, 1.807) is 0 Å². The van der Waals surface area contributed by atoms with Crippen molar-refractivity contribution in [1.29, 1.82) is 0 Å². The number of benzene rings is 1. The first kappa shape index (κ1) is 14.1. The molecule has 0 atom stereocenters. The van der Waals surface area contributed by atoms with E-state index in [0.29, 0.717) is 0 Å². The molecule has 1 N–H and O–H groups in total. The maximum Gasteiger partial charge on any atom is 0.111 e. The van der Waals surface area contributed by atoms with Gasteiger partial charge in [-0.25, -0.2) is 4.98 Å². The Morgan fingerprint density at radius 3 is 2.79 bits per heavy atom. The summed E-state index contributed by atoms with van der Waals surface area (Å²) in [5, 5.41) is 3.21. The summed E-state index contributed by atoms with van der Waals surface area (Å²) in [6.45, 7) is 6.49. The van der Waals surface area contributed by atoms with E-state index in [4.69, 9.17) is 4.98 Å². The highest BCUT2D eigenvalue weighted by Crippen LogP contribution is 2.19. The van der Waals surface area contributed by atoms with Crippen LogP contribution in [0, 0.1) is 0 Å². The Morgan fingerprint density at radius 2 is 2.11 bits per heavy atom. The lowest BCUT2D eigenvalue weighted by Gasteiger charge is -2.08. The summed E-state index contributed by atoms with van der Waals surface area (Å²) in [6.07, 6.45) is 4.51. The van der Waals surface area contributed by atoms with E-state index in [2.05, 4.69) is 41.9 Å². The highest BCUT2D eigenvalue weighted by Gasteiger charge is 2.10. The summed E-state index contributed by atoms with van der Waals surface area (Å²) in [5.41, 5.74) is 3.81. The molecule has 3 heteroatoms. The van der Waals surface area contributed by atoms with Crippen molar-refractivity contribution < 1.29 is 0 Å². The summed E-state index contributed by atoms with van der Waals surface area (Å²) >= 11 is 0. The third-order valence-corrected chi connectivity index (χ3v) is 3.63. The molecular weight excluding hydrogens is 234 g/mol. The Balaban J connectivity index is 2.39. The van der Waals surface area contributed by atoms with Gasteiger partial charge in [0.05, 0.1) is 11.0 Å². The maximum atomic E-state index is 4.83. The topological polar surface area (TPSA) is 29.9 Å². The van der Waals surface area contributed by atoms with Crippen molar-refractivity contribution in [3.8, 4) is 0 Å². The van der Waals surface area contributed by atoms with Crippen LogP contribution in [0.5, 0.6) is 0 Å². The summed E-state index contributed by atoms with van der Waals surface area (Å²) < 4.78 is 2.40. The number of nitrogens with zero attached hydrogens (tertiary/aromatic N) is 2. The highest BCUT2D eigenvalue weighted by atomic mass is 15.1. The van der Waals surface area contributed by atoms with Gasteiger partial charge in [-0.2, -0.15) is 0 Å². The molecule has 0 saturated heterocycles. The summed E-state index contributed by atoms with van der Waals surface area (Å²) in [7, 11) is 1.99. The van der Waals surface area contributed by atoms with E-state index in [-0.39, 0.29) is 0 Å². The van der Waals surface area contributed by atoms with Crippen molar-refractivity contribution in [2.45, 2.75) is 46.1 Å². The van der Waals surface area contributed by atoms with Gasteiger partial charge in [-0.15, -0.1) is 0 Å². The maximum absolute atomic E-state index is 4.83. The molecule has 1 heterocycles. The molecule has 0 bridgehead atoms. The van der Waals surface area contributed by atoms with Crippen molar-refractivity contribution in [2.75, 3.05) is 13.6 Å². The van der Waals surface area contributed by atoms with Gasteiger partial charge in [0, 0.05) is 19.5 Å². The molecule has 19 heavy (non-hydrogen) atoms. The van der Waals surface area contributed by atoms with Gasteiger partial charge in [0.15, 0.2) is 0 Å². The van der Waals surface area contributed by atoms with Crippen molar-refractivity contribution in [3.05, 3.63) is 29.6 Å². The lowest BCUT2D eigenvalue weighted by atomic mass is 10.1. The molecule has 0 radical (unpaired) electrons. The monoisotopic (exact) mass is 259 g/mol. The fourth-order valence-electron chi connectivity index (χ4n) is 2.44. The molecule has 0 amide bonds. The number of imidazole rings is 1. The standard InChI is InChI=1S/C16H25N3/c1-4-6-11-19-15-8-7-13(5-2)12-14(15)18-16(19)9-10-17-3/h7-8,12,17H,4-6,9-11H2,1-3H3. The third kappa shape index (κ3) is 3.16. The molecule has 2 rings (SSSR count). The van der Waals surface area contributed by atoms with Crippen LogP contribution >= 0.6 is 0 Å². The average molecular weight is 259 g/mol. The molecular formula is C16H25N3. The van der Waals surface area contributed by atoms with Crippen LogP contribution in [0.4, 0.5) is 0 Å². The quantitative estimate of drug-likeness (QED) is 0.827. The summed E-state index contributed by atoms with van der Waals surface area (Å²) in [4.78, 5) is 4.83. The second kappa shape index (κ2) is 6.71. The first-order chi connectivity index (χ1) is 9.30. The molecule has 0 aliphatic carbocycles. The fourth-order valence-corrected chi connectivity index (χ4v) is 2.44. The number of likely N-dealkylation sites (N-methyl/N-ethyl adjacent to an activating group) is 1. The Kier molecular flexibility index (Phi) is 4.97. The van der Waals surface area contributed by atoms with Gasteiger partial charge in [-0.3, -0.25) is 0 Å². The molecule has 0 aliphatic rings. The number of fused-ring (bicyclic) bond motifs is 1. The van der Waals surface area contributed by atoms with E-state index in [0.717, 1.165) is 31.4 Å². The number of aryl methyl sites for hydroxylation is 2. The van der Waals surface area contributed by atoms with E-state index in [9.17, 15) is 0 Å². The smallest absolute Gasteiger partial charge is 0.111 e. The number of aromatic nitrogens is 2. The number of hydrogen-bond acceptors (Lipinski definition) is 2. The number of unbranched alkanes of at least 4 members (excludes halogenated alkanes) is 1. The predicted molar refractivity (Wildman–Crippen MR) is 81.6 cm³/mol. The predicted octanol–water partition coefficient (Wildman–Crippen LogP) is 3.16. The minimum Gasteiger partial charge on any atom is -0.328 e. The molecule has 104 valence electrons. The number of nitrogens with one attached hydrogen (secondary N) is 1. The van der Waals surface area contributed by atoms with Crippen LogP contribution < -0.4 is 5.32 Å². The first-order valence-corrected chi connectivity index (χ1v) is 7.42. The van der Waals surface area contributed by atoms with Crippen LogP contribution in [-0.2, 0) is 19.4 Å². The summed E-state index contributed by atoms with van der Waals surface area (Å²) in [5.74, 6) is 1.21. The lowest BCUT2D eigenvalue weighted by Crippen LogP contribution is -2.14. The second-order valence-corrected chi connectivity index (χ2v) is 5.06. The van der Waals surface area contributed by atoms with Crippen LogP contribution in [0.25, 0.3) is 11.0 Å². The van der Waals surface area contributed by atoms with Crippen LogP contribution in [0.3, 0.4) is 0 Å². The SMILES string of the molecule is CCCCn1c(CCNC)nc2cc(CC)ccc21. The van der Waals surface area contributed by atoms with Crippen molar-refractivity contribution in [3.63, 3.8) is 0 Å². The molecule has 0 unspecified atom stereocenters. The number of rotatable bonds is 7. The van der Waals surface area contributed by atoms with Gasteiger partial charge >= 0.3 is 0 Å². The van der Waals surface area contributed by atoms with Crippen molar-refractivity contribution in [1.82, 2.24) is 14.9 Å². The Morgan fingerprint density at radius 1 is 1.26 bits per heavy atom. The molecule has 1 aromatic heterocycles. The van der Waals surface area contributed by atoms with Crippen LogP contribution in [0.15, 0.2) is 18.2 Å². The minimum absolute atomic E-state index is 0.982. The highest BCUT2D eigenvalue weighted by molar-refractivity contribution is 5.77. The molecule has 0 fully saturated rings. The van der Waals surface area contributed by atoms with E-state index in [1.807, 2.05) is 7.05 Å². The van der Waals surface area contributed by atoms with Crippen LogP contribution in [0.1, 0.15) is 38.1 Å². The van der Waals surface area contributed by atoms with Gasteiger partial charge in [0.2, 0.25) is 0 Å². The van der Waals surface area contributed by atoms with Gasteiger partial charge in [0.1, 0.15) is 5.82 Å². The van der Waals surface area contributed by atoms with Crippen molar-refractivity contribution >= 4 is 11.0 Å². The van der Waals surface area contributed by atoms with E-state index >= 15 is 0 Å². The molecule has 0 saturated carbocycles.